The van der Waals surface area contributed by atoms with Crippen LogP contribution in [-0.2, 0) is 0 Å². The van der Waals surface area contributed by atoms with Crippen LogP contribution >= 0.6 is 0 Å². The fourth-order valence-corrected chi connectivity index (χ4v) is 2.08. The number of fused-ring (bicyclic) bond motifs is 1. The van der Waals surface area contributed by atoms with E-state index in [0.717, 1.165) is 25.3 Å². The van der Waals surface area contributed by atoms with Gasteiger partial charge in [-0.1, -0.05) is 36.4 Å². The van der Waals surface area contributed by atoms with Crippen molar-refractivity contribution in [2.75, 3.05) is 20.2 Å². The molecule has 2 rings (SSSR count). The highest BCUT2D eigenvalue weighted by Gasteiger charge is 2.04. The molecule has 2 aromatic rings. The molecule has 0 unspecified atom stereocenters. The van der Waals surface area contributed by atoms with Crippen LogP contribution in [0.15, 0.2) is 42.5 Å². The van der Waals surface area contributed by atoms with E-state index in [2.05, 4.69) is 81.1 Å². The molecule has 21 heavy (non-hydrogen) atoms. The Kier molecular flexibility index (Phi) is 7.36. The third-order valence-corrected chi connectivity index (χ3v) is 3.54. The van der Waals surface area contributed by atoms with Crippen molar-refractivity contribution >= 4 is 10.8 Å². The molecule has 0 heterocycles. The first-order valence-corrected chi connectivity index (χ1v) is 7.32. The number of nitrogens with zero attached hydrogens (tertiary/aromatic N) is 1. The molecule has 0 aromatic heterocycles. The van der Waals surface area contributed by atoms with E-state index in [9.17, 15) is 0 Å². The molecular weight excluding hydrogens is 258 g/mol. The molecule has 0 spiro atoms. The zero-order chi connectivity index (χ0) is 15.7. The van der Waals surface area contributed by atoms with E-state index >= 15 is 0 Å². The van der Waals surface area contributed by atoms with Gasteiger partial charge in [0.05, 0.1) is 6.61 Å². The molecule has 0 fully saturated rings. The van der Waals surface area contributed by atoms with Crippen LogP contribution in [0, 0.1) is 12.8 Å². The molecular formula is C19H25NO. The largest absolute Gasteiger partial charge is 0.493 e. The summed E-state index contributed by atoms with van der Waals surface area (Å²) in [6.45, 7) is 6.27. The van der Waals surface area contributed by atoms with Crippen molar-refractivity contribution in [1.29, 1.82) is 0 Å². The van der Waals surface area contributed by atoms with Crippen LogP contribution < -0.4 is 4.74 Å². The fourth-order valence-electron chi connectivity index (χ4n) is 2.08. The van der Waals surface area contributed by atoms with E-state index < -0.39 is 0 Å². The molecule has 0 aliphatic heterocycles. The molecule has 2 aromatic carbocycles. The summed E-state index contributed by atoms with van der Waals surface area (Å²) in [6, 6.07) is 15.2. The summed E-state index contributed by atoms with van der Waals surface area (Å²) >= 11 is 0. The maximum atomic E-state index is 5.92. The number of hydrogen-bond acceptors (Lipinski definition) is 2. The van der Waals surface area contributed by atoms with Gasteiger partial charge in [0, 0.05) is 18.0 Å². The van der Waals surface area contributed by atoms with Crippen LogP contribution in [0.2, 0.25) is 0 Å². The van der Waals surface area contributed by atoms with Gasteiger partial charge in [0.15, 0.2) is 0 Å². The van der Waals surface area contributed by atoms with Gasteiger partial charge in [-0.25, -0.2) is 0 Å². The van der Waals surface area contributed by atoms with Crippen LogP contribution in [0.25, 0.3) is 10.8 Å². The normalized spacial score (nSPS) is 10.4. The Labute approximate surface area is 128 Å². The van der Waals surface area contributed by atoms with Crippen molar-refractivity contribution in [3.8, 4) is 18.6 Å². The zero-order valence-corrected chi connectivity index (χ0v) is 13.3. The Hall–Kier alpha value is -1.98. The Morgan fingerprint density at radius 2 is 1.71 bits per heavy atom. The van der Waals surface area contributed by atoms with Crippen molar-refractivity contribution in [3.63, 3.8) is 0 Å². The van der Waals surface area contributed by atoms with Gasteiger partial charge in [0.25, 0.3) is 0 Å². The molecule has 112 valence electrons. The quantitative estimate of drug-likeness (QED) is 0.582. The van der Waals surface area contributed by atoms with Gasteiger partial charge in [-0.15, -0.1) is 12.8 Å². The molecule has 0 aliphatic rings. The lowest BCUT2D eigenvalue weighted by molar-refractivity contribution is 0.235. The summed E-state index contributed by atoms with van der Waals surface area (Å²) in [4.78, 5) is 2.34. The predicted molar refractivity (Wildman–Crippen MR) is 91.7 cm³/mol. The third kappa shape index (κ3) is 5.13. The highest BCUT2D eigenvalue weighted by molar-refractivity contribution is 5.88. The SMILES string of the molecule is C#C.CC(C)N(C)CCCOc1cccc2ccccc12. The van der Waals surface area contributed by atoms with Crippen molar-refractivity contribution in [1.82, 2.24) is 4.90 Å². The first-order chi connectivity index (χ1) is 10.2. The van der Waals surface area contributed by atoms with E-state index in [1.807, 2.05) is 0 Å². The summed E-state index contributed by atoms with van der Waals surface area (Å²) in [7, 11) is 2.16. The summed E-state index contributed by atoms with van der Waals surface area (Å²) in [5.74, 6) is 0.991. The van der Waals surface area contributed by atoms with Gasteiger partial charge in [0.1, 0.15) is 5.75 Å². The maximum Gasteiger partial charge on any atom is 0.127 e. The van der Waals surface area contributed by atoms with Crippen LogP contribution in [0.3, 0.4) is 0 Å². The van der Waals surface area contributed by atoms with Gasteiger partial charge >= 0.3 is 0 Å². The number of hydrogen-bond donors (Lipinski definition) is 0. The van der Waals surface area contributed by atoms with Crippen LogP contribution in [0.1, 0.15) is 20.3 Å². The van der Waals surface area contributed by atoms with E-state index in [0.29, 0.717) is 6.04 Å². The van der Waals surface area contributed by atoms with E-state index in [1.54, 1.807) is 0 Å². The van der Waals surface area contributed by atoms with Gasteiger partial charge in [-0.3, -0.25) is 0 Å². The van der Waals surface area contributed by atoms with E-state index in [-0.39, 0.29) is 0 Å². The standard InChI is InChI=1S/C17H23NO.C2H2/c1-14(2)18(3)12-7-13-19-17-11-6-9-15-8-4-5-10-16(15)17;1-2/h4-6,8-11,14H,7,12-13H2,1-3H3;1-2H. The van der Waals surface area contributed by atoms with Gasteiger partial charge in [-0.2, -0.15) is 0 Å². The Morgan fingerprint density at radius 1 is 1.05 bits per heavy atom. The third-order valence-electron chi connectivity index (χ3n) is 3.54. The van der Waals surface area contributed by atoms with E-state index in [1.165, 1.54) is 10.8 Å². The zero-order valence-electron chi connectivity index (χ0n) is 13.3. The molecule has 0 saturated carbocycles. The number of rotatable bonds is 6. The van der Waals surface area contributed by atoms with Crippen molar-refractivity contribution in [2.24, 2.45) is 0 Å². The molecule has 0 aliphatic carbocycles. The van der Waals surface area contributed by atoms with Crippen molar-refractivity contribution in [3.05, 3.63) is 42.5 Å². The lowest BCUT2D eigenvalue weighted by Gasteiger charge is -2.20. The minimum Gasteiger partial charge on any atom is -0.493 e. The average molecular weight is 283 g/mol. The second kappa shape index (κ2) is 9.05. The molecule has 0 atom stereocenters. The minimum atomic E-state index is 0.595. The Balaban J connectivity index is 0.00000106. The molecule has 2 nitrogen and oxygen atoms in total. The molecule has 0 amide bonds. The van der Waals surface area contributed by atoms with Crippen LogP contribution in [0.4, 0.5) is 0 Å². The van der Waals surface area contributed by atoms with Crippen LogP contribution in [-0.4, -0.2) is 31.1 Å². The van der Waals surface area contributed by atoms with E-state index in [4.69, 9.17) is 4.74 Å². The second-order valence-electron chi connectivity index (χ2n) is 5.25. The van der Waals surface area contributed by atoms with Crippen LogP contribution in [0.5, 0.6) is 5.75 Å². The highest BCUT2D eigenvalue weighted by atomic mass is 16.5. The molecule has 0 radical (unpaired) electrons. The Morgan fingerprint density at radius 3 is 2.43 bits per heavy atom. The number of benzene rings is 2. The fraction of sp³-hybridized carbons (Fsp3) is 0.368. The highest BCUT2D eigenvalue weighted by Crippen LogP contribution is 2.25. The summed E-state index contributed by atoms with van der Waals surface area (Å²) in [6.07, 6.45) is 9.05. The summed E-state index contributed by atoms with van der Waals surface area (Å²) < 4.78 is 5.92. The summed E-state index contributed by atoms with van der Waals surface area (Å²) in [5.41, 5.74) is 0. The lowest BCUT2D eigenvalue weighted by Crippen LogP contribution is -2.28. The molecule has 0 N–H and O–H groups in total. The minimum absolute atomic E-state index is 0.595. The van der Waals surface area contributed by atoms with Gasteiger partial charge in [0.2, 0.25) is 0 Å². The predicted octanol–water partition coefficient (Wildman–Crippen LogP) is 4.20. The van der Waals surface area contributed by atoms with Gasteiger partial charge in [-0.05, 0) is 38.8 Å². The maximum absolute atomic E-state index is 5.92. The first kappa shape index (κ1) is 17.1. The number of ether oxygens (including phenoxy) is 1. The molecule has 0 bridgehead atoms. The van der Waals surface area contributed by atoms with Crippen molar-refractivity contribution < 1.29 is 4.74 Å². The first-order valence-electron chi connectivity index (χ1n) is 7.32. The average Bonchev–Trinajstić information content (AvgIpc) is 2.53. The van der Waals surface area contributed by atoms with Gasteiger partial charge < -0.3 is 9.64 Å². The van der Waals surface area contributed by atoms with Crippen molar-refractivity contribution in [2.45, 2.75) is 26.3 Å². The Bertz CT molecular complexity index is 554. The second-order valence-corrected chi connectivity index (χ2v) is 5.25. The monoisotopic (exact) mass is 283 g/mol. The smallest absolute Gasteiger partial charge is 0.127 e. The number of terminal acetylenes is 1. The molecule has 0 saturated heterocycles. The lowest BCUT2D eigenvalue weighted by atomic mass is 10.1. The summed E-state index contributed by atoms with van der Waals surface area (Å²) in [5, 5.41) is 2.43. The molecule has 2 heteroatoms. The topological polar surface area (TPSA) is 12.5 Å².